The number of halogens is 1. The van der Waals surface area contributed by atoms with Gasteiger partial charge < -0.3 is 35.2 Å². The average molecular weight is 774 g/mol. The van der Waals surface area contributed by atoms with Gasteiger partial charge in [-0.05, 0) is 78.3 Å². The van der Waals surface area contributed by atoms with E-state index in [4.69, 9.17) is 21.1 Å². The number of Topliss-reactive ketones (excluding diaryl/α,β-unsaturated/α-hetero) is 1. The molecule has 5 unspecified atom stereocenters. The first kappa shape index (κ1) is 39.4. The molecule has 10 heteroatoms. The van der Waals surface area contributed by atoms with Gasteiger partial charge in [-0.1, -0.05) is 121 Å². The first-order chi connectivity index (χ1) is 27.2. The second-order valence-corrected chi connectivity index (χ2v) is 15.3. The number of urea groups is 1. The van der Waals surface area contributed by atoms with E-state index < -0.39 is 30.1 Å². The molecule has 9 nitrogen and oxygen atoms in total. The number of hydrogen-bond donors (Lipinski definition) is 4. The van der Waals surface area contributed by atoms with Crippen LogP contribution in [0.2, 0.25) is 5.02 Å². The lowest BCUT2D eigenvalue weighted by Crippen LogP contribution is -2.49. The van der Waals surface area contributed by atoms with Gasteiger partial charge >= 0.3 is 6.03 Å². The molecule has 0 radical (unpaired) electrons. The smallest absolute Gasteiger partial charge is 0.319 e. The zero-order valence-corrected chi connectivity index (χ0v) is 32.1. The first-order valence-electron chi connectivity index (χ1n) is 19.2. The van der Waals surface area contributed by atoms with E-state index in [0.29, 0.717) is 49.6 Å². The van der Waals surface area contributed by atoms with Gasteiger partial charge in [0, 0.05) is 41.8 Å². The second-order valence-electron chi connectivity index (χ2n) is 14.8. The zero-order chi connectivity index (χ0) is 39.1. The number of carbonyl (C=O) groups is 2. The fourth-order valence-electron chi connectivity index (χ4n) is 7.81. The molecule has 290 valence electrons. The predicted molar refractivity (Wildman–Crippen MR) is 217 cm³/mol. The summed E-state index contributed by atoms with van der Waals surface area (Å²) in [6.45, 7) is 3.34. The molecule has 2 fully saturated rings. The highest BCUT2D eigenvalue weighted by atomic mass is 35.5. The molecular formula is C46H48ClN3O6. The Labute approximate surface area is 333 Å². The summed E-state index contributed by atoms with van der Waals surface area (Å²) < 4.78 is 13.9. The average Bonchev–Trinajstić information content (AvgIpc) is 3.22. The van der Waals surface area contributed by atoms with E-state index in [1.54, 1.807) is 6.07 Å². The number of nitrogens with zero attached hydrogens (tertiary/aromatic N) is 1. The fraction of sp³-hybridized carbons (Fsp3) is 0.304. The van der Waals surface area contributed by atoms with Crippen molar-refractivity contribution in [2.75, 3.05) is 25.0 Å². The SMILES string of the molecule is CC(=O)C(Cc1ccccc1)NC(=O)Nc1cccc(C2OC(CN3CCC(O)(c4ccc(Cl)cc4)CC3)C(c3ccccc3)C(c3ccc(CO)cc3)O2)c1. The standard InChI is InChI=1S/C46H48ClN3O6/c1-31(52)40(27-32-9-4-2-5-10-32)49-45(53)48-39-14-8-13-36(28-39)44-55-41(29-50-25-23-46(54,24-26-50)37-19-21-38(47)22-20-37)42(34-11-6-3-7-12-34)43(56-44)35-17-15-33(30-51)16-18-35/h2-22,28,40-44,51,54H,23-27,29-30H2,1H3,(H2,48,49,53). The molecule has 2 amide bonds. The Morgan fingerprint density at radius 3 is 2.12 bits per heavy atom. The number of aliphatic hydroxyl groups is 2. The molecule has 0 bridgehead atoms. The quantitative estimate of drug-likeness (QED) is 0.101. The highest BCUT2D eigenvalue weighted by molar-refractivity contribution is 6.30. The summed E-state index contributed by atoms with van der Waals surface area (Å²) in [5, 5.41) is 27.8. The van der Waals surface area contributed by atoms with Crippen LogP contribution in [0, 0.1) is 0 Å². The molecule has 56 heavy (non-hydrogen) atoms. The van der Waals surface area contributed by atoms with E-state index in [1.165, 1.54) is 6.92 Å². The van der Waals surface area contributed by atoms with Gasteiger partial charge in [-0.2, -0.15) is 0 Å². The largest absolute Gasteiger partial charge is 0.392 e. The summed E-state index contributed by atoms with van der Waals surface area (Å²) in [6.07, 6.45) is -0.0148. The minimum atomic E-state index is -0.943. The Morgan fingerprint density at radius 1 is 0.804 bits per heavy atom. The number of ether oxygens (including phenoxy) is 2. The number of amides is 2. The normalized spacial score (nSPS) is 21.5. The van der Waals surface area contributed by atoms with Gasteiger partial charge in [-0.3, -0.25) is 4.79 Å². The van der Waals surface area contributed by atoms with Crippen LogP contribution in [-0.4, -0.2) is 58.7 Å². The third-order valence-electron chi connectivity index (χ3n) is 11.0. The summed E-state index contributed by atoms with van der Waals surface area (Å²) in [7, 11) is 0. The van der Waals surface area contributed by atoms with Crippen LogP contribution in [0.25, 0.3) is 0 Å². The maximum absolute atomic E-state index is 13.2. The van der Waals surface area contributed by atoms with E-state index in [9.17, 15) is 19.8 Å². The van der Waals surface area contributed by atoms with Crippen LogP contribution >= 0.6 is 11.6 Å². The van der Waals surface area contributed by atoms with Crippen LogP contribution in [-0.2, 0) is 32.9 Å². The lowest BCUT2D eigenvalue weighted by molar-refractivity contribution is -0.264. The molecule has 0 spiro atoms. The highest BCUT2D eigenvalue weighted by Gasteiger charge is 2.44. The molecule has 5 aromatic rings. The fourth-order valence-corrected chi connectivity index (χ4v) is 7.93. The molecule has 2 aliphatic rings. The van der Waals surface area contributed by atoms with Gasteiger partial charge in [0.1, 0.15) is 0 Å². The number of anilines is 1. The monoisotopic (exact) mass is 773 g/mol. The Morgan fingerprint density at radius 2 is 1.46 bits per heavy atom. The second kappa shape index (κ2) is 17.9. The molecule has 7 rings (SSSR count). The summed E-state index contributed by atoms with van der Waals surface area (Å²) in [6, 6.07) is 41.3. The number of nitrogens with one attached hydrogen (secondary N) is 2. The Hall–Kier alpha value is -4.87. The van der Waals surface area contributed by atoms with E-state index >= 15 is 0 Å². The minimum Gasteiger partial charge on any atom is -0.392 e. The number of hydrogen-bond acceptors (Lipinski definition) is 7. The van der Waals surface area contributed by atoms with Crippen molar-refractivity contribution < 1.29 is 29.3 Å². The minimum absolute atomic E-state index is 0.0631. The molecule has 2 heterocycles. The van der Waals surface area contributed by atoms with Gasteiger partial charge in [0.05, 0.1) is 30.5 Å². The lowest BCUT2D eigenvalue weighted by Gasteiger charge is -2.46. The molecule has 0 aliphatic carbocycles. The van der Waals surface area contributed by atoms with Crippen molar-refractivity contribution in [3.05, 3.63) is 172 Å². The van der Waals surface area contributed by atoms with Crippen LogP contribution in [0.5, 0.6) is 0 Å². The third-order valence-corrected chi connectivity index (χ3v) is 11.2. The van der Waals surface area contributed by atoms with Crippen molar-refractivity contribution in [2.24, 2.45) is 0 Å². The Bertz CT molecular complexity index is 2060. The zero-order valence-electron chi connectivity index (χ0n) is 31.4. The van der Waals surface area contributed by atoms with Crippen LogP contribution in [0.15, 0.2) is 133 Å². The maximum atomic E-state index is 13.2. The summed E-state index contributed by atoms with van der Waals surface area (Å²) in [4.78, 5) is 28.1. The van der Waals surface area contributed by atoms with Crippen molar-refractivity contribution in [1.82, 2.24) is 10.2 Å². The molecule has 5 aromatic carbocycles. The van der Waals surface area contributed by atoms with Crippen molar-refractivity contribution in [3.8, 4) is 0 Å². The van der Waals surface area contributed by atoms with Gasteiger partial charge in [0.15, 0.2) is 12.1 Å². The molecule has 4 N–H and O–H groups in total. The summed E-state index contributed by atoms with van der Waals surface area (Å²) >= 11 is 6.15. The lowest BCUT2D eigenvalue weighted by atomic mass is 9.81. The van der Waals surface area contributed by atoms with E-state index in [0.717, 1.165) is 33.4 Å². The highest BCUT2D eigenvalue weighted by Crippen LogP contribution is 2.47. The van der Waals surface area contributed by atoms with E-state index in [-0.39, 0.29) is 24.4 Å². The number of carbonyl (C=O) groups excluding carboxylic acids is 2. The van der Waals surface area contributed by atoms with Gasteiger partial charge in [-0.25, -0.2) is 4.79 Å². The number of benzene rings is 5. The van der Waals surface area contributed by atoms with Crippen LogP contribution in [0.4, 0.5) is 10.5 Å². The molecule has 5 atom stereocenters. The van der Waals surface area contributed by atoms with Crippen LogP contribution in [0.3, 0.4) is 0 Å². The van der Waals surface area contributed by atoms with Crippen molar-refractivity contribution in [1.29, 1.82) is 0 Å². The van der Waals surface area contributed by atoms with E-state index in [2.05, 4.69) is 27.7 Å². The van der Waals surface area contributed by atoms with Crippen molar-refractivity contribution >= 4 is 29.1 Å². The maximum Gasteiger partial charge on any atom is 0.319 e. The predicted octanol–water partition coefficient (Wildman–Crippen LogP) is 8.08. The molecule has 2 saturated heterocycles. The van der Waals surface area contributed by atoms with Crippen molar-refractivity contribution in [3.63, 3.8) is 0 Å². The molecule has 0 aromatic heterocycles. The number of rotatable bonds is 12. The number of likely N-dealkylation sites (tertiary alicyclic amines) is 1. The van der Waals surface area contributed by atoms with E-state index in [1.807, 2.05) is 115 Å². The molecule has 2 aliphatic heterocycles. The first-order valence-corrected chi connectivity index (χ1v) is 19.5. The van der Waals surface area contributed by atoms with Crippen LogP contribution in [0.1, 0.15) is 71.5 Å². The third kappa shape index (κ3) is 9.56. The molecular weight excluding hydrogens is 726 g/mol. The van der Waals surface area contributed by atoms with Gasteiger partial charge in [0.2, 0.25) is 0 Å². The topological polar surface area (TPSA) is 120 Å². The molecule has 0 saturated carbocycles. The number of piperidine rings is 1. The Kier molecular flexibility index (Phi) is 12.6. The van der Waals surface area contributed by atoms with Gasteiger partial charge in [0.25, 0.3) is 0 Å². The number of ketones is 1. The van der Waals surface area contributed by atoms with Crippen LogP contribution < -0.4 is 10.6 Å². The van der Waals surface area contributed by atoms with Gasteiger partial charge in [-0.15, -0.1) is 0 Å². The Balaban J connectivity index is 1.14. The summed E-state index contributed by atoms with van der Waals surface area (Å²) in [5.74, 6) is -0.327. The van der Waals surface area contributed by atoms with Crippen molar-refractivity contribution in [2.45, 2.75) is 68.9 Å². The number of aliphatic hydroxyl groups excluding tert-OH is 1. The summed E-state index contributed by atoms with van der Waals surface area (Å²) in [5.41, 5.74) is 4.95.